The Bertz CT molecular complexity index is 865. The number of rotatable bonds is 7. The highest BCUT2D eigenvalue weighted by Gasteiger charge is 2.55. The maximum atomic E-state index is 12.5. The highest BCUT2D eigenvalue weighted by molar-refractivity contribution is 14.1. The van der Waals surface area contributed by atoms with Crippen LogP contribution in [-0.2, 0) is 23.8 Å². The fourth-order valence-corrected chi connectivity index (χ4v) is 4.90. The molecule has 1 fully saturated rings. The summed E-state index contributed by atoms with van der Waals surface area (Å²) in [6.07, 6.45) is 2.25. The Morgan fingerprint density at radius 1 is 1.28 bits per heavy atom. The number of ether oxygens (including phenoxy) is 3. The van der Waals surface area contributed by atoms with Crippen molar-refractivity contribution in [2.24, 2.45) is 0 Å². The summed E-state index contributed by atoms with van der Waals surface area (Å²) in [4.78, 5) is 50.0. The summed E-state index contributed by atoms with van der Waals surface area (Å²) in [7, 11) is 0. The van der Waals surface area contributed by atoms with E-state index < -0.39 is 45.0 Å². The first-order valence-electron chi connectivity index (χ1n) is 9.57. The lowest BCUT2D eigenvalue weighted by molar-refractivity contribution is -0.205. The number of aryl methyl sites for hydroxylation is 1. The van der Waals surface area contributed by atoms with Gasteiger partial charge in [0.25, 0.3) is 5.56 Å². The van der Waals surface area contributed by atoms with Gasteiger partial charge >= 0.3 is 17.6 Å². The Morgan fingerprint density at radius 2 is 1.93 bits per heavy atom. The lowest BCUT2D eigenvalue weighted by Crippen LogP contribution is -2.60. The fraction of sp³-hybridized carbons (Fsp3) is 0.684. The molecule has 2 rings (SSSR count). The van der Waals surface area contributed by atoms with Crippen molar-refractivity contribution in [3.63, 3.8) is 0 Å². The van der Waals surface area contributed by atoms with E-state index in [0.717, 1.165) is 19.3 Å². The van der Waals surface area contributed by atoms with Crippen LogP contribution in [0, 0.1) is 6.92 Å². The molecule has 0 aliphatic carbocycles. The molecule has 2 heterocycles. The number of carbonyl (C=O) groups is 2. The lowest BCUT2D eigenvalue weighted by Gasteiger charge is -2.47. The first-order chi connectivity index (χ1) is 13.6. The Morgan fingerprint density at radius 3 is 2.52 bits per heavy atom. The molecule has 10 heteroatoms. The topological polar surface area (TPSA) is 117 Å². The number of carbonyl (C=O) groups excluding carboxylic acids is 2. The molecule has 1 aliphatic rings. The van der Waals surface area contributed by atoms with Gasteiger partial charge in [-0.1, -0.05) is 48.8 Å². The van der Waals surface area contributed by atoms with E-state index in [-0.39, 0.29) is 6.61 Å². The minimum atomic E-state index is -0.897. The number of H-pyrrole nitrogens is 1. The molecule has 1 saturated heterocycles. The summed E-state index contributed by atoms with van der Waals surface area (Å²) in [6.45, 7) is 6.17. The molecule has 1 aromatic rings. The number of nitrogens with one attached hydrogen (secondary N) is 1. The highest BCUT2D eigenvalue weighted by Crippen LogP contribution is 2.46. The van der Waals surface area contributed by atoms with Crippen LogP contribution in [0.3, 0.4) is 0 Å². The lowest BCUT2D eigenvalue weighted by atomic mass is 9.87. The molecule has 0 radical (unpaired) electrons. The molecule has 9 nitrogen and oxygen atoms in total. The Balaban J connectivity index is 2.55. The Kier molecular flexibility index (Phi) is 8.03. The molecule has 1 aliphatic heterocycles. The number of halogens is 1. The van der Waals surface area contributed by atoms with Crippen LogP contribution in [0.15, 0.2) is 15.8 Å². The van der Waals surface area contributed by atoms with E-state index in [1.807, 2.05) is 0 Å². The second kappa shape index (κ2) is 9.88. The van der Waals surface area contributed by atoms with Crippen LogP contribution in [-0.4, -0.2) is 43.7 Å². The molecule has 0 aromatic carbocycles. The van der Waals surface area contributed by atoms with Gasteiger partial charge in [-0.3, -0.25) is 23.9 Å². The van der Waals surface area contributed by atoms with E-state index in [2.05, 4.69) is 34.5 Å². The Labute approximate surface area is 182 Å². The maximum absolute atomic E-state index is 12.5. The van der Waals surface area contributed by atoms with Gasteiger partial charge in [0, 0.05) is 25.6 Å². The van der Waals surface area contributed by atoms with Crippen molar-refractivity contribution in [1.29, 1.82) is 0 Å². The van der Waals surface area contributed by atoms with Crippen LogP contribution < -0.4 is 11.2 Å². The molecule has 0 unspecified atom stereocenters. The van der Waals surface area contributed by atoms with Gasteiger partial charge in [0.05, 0.1) is 6.61 Å². The second-order valence-electron chi connectivity index (χ2n) is 7.23. The van der Waals surface area contributed by atoms with Crippen molar-refractivity contribution < 1.29 is 23.8 Å². The quantitative estimate of drug-likeness (QED) is 0.252. The number of hydrogen-bond donors (Lipinski definition) is 1. The number of aromatic nitrogens is 2. The van der Waals surface area contributed by atoms with Crippen LogP contribution in [0.4, 0.5) is 0 Å². The summed E-state index contributed by atoms with van der Waals surface area (Å²) in [5.74, 6) is -1.03. The van der Waals surface area contributed by atoms with E-state index in [1.54, 1.807) is 6.92 Å². The van der Waals surface area contributed by atoms with Gasteiger partial charge in [-0.15, -0.1) is 0 Å². The minimum absolute atomic E-state index is 0.0503. The van der Waals surface area contributed by atoms with Crippen molar-refractivity contribution in [3.05, 3.63) is 32.6 Å². The van der Waals surface area contributed by atoms with Crippen molar-refractivity contribution in [2.45, 2.75) is 75.2 Å². The van der Waals surface area contributed by atoms with Crippen molar-refractivity contribution >= 4 is 34.5 Å². The summed E-state index contributed by atoms with van der Waals surface area (Å²) >= 11 is 2.14. The molecule has 162 valence electrons. The third-order valence-corrected chi connectivity index (χ3v) is 6.50. The molecule has 0 saturated carbocycles. The highest BCUT2D eigenvalue weighted by atomic mass is 127. The normalized spacial score (nSPS) is 26.7. The molecule has 0 bridgehead atoms. The average molecular weight is 522 g/mol. The van der Waals surface area contributed by atoms with Gasteiger partial charge in [0.1, 0.15) is 3.42 Å². The zero-order chi connectivity index (χ0) is 21.8. The third-order valence-electron chi connectivity index (χ3n) is 4.81. The van der Waals surface area contributed by atoms with E-state index in [4.69, 9.17) is 14.2 Å². The van der Waals surface area contributed by atoms with Crippen molar-refractivity contribution in [3.8, 4) is 0 Å². The molecule has 29 heavy (non-hydrogen) atoms. The number of unbranched alkanes of at least 4 members (excludes halogenated alkanes) is 2. The van der Waals surface area contributed by atoms with Crippen LogP contribution in [0.5, 0.6) is 0 Å². The van der Waals surface area contributed by atoms with E-state index >= 15 is 0 Å². The SMILES string of the molecule is CCCCC[C@]1(I)[C@H](OC(C)=O)[C@H](OC(C)=O)CO[C@@H]1n1cc(C)c(=O)[nH]c1=O. The number of nitrogens with zero attached hydrogens (tertiary/aromatic N) is 1. The van der Waals surface area contributed by atoms with Gasteiger partial charge in [-0.05, 0) is 13.3 Å². The predicted octanol–water partition coefficient (Wildman–Crippen LogP) is 1.99. The molecule has 1 N–H and O–H groups in total. The van der Waals surface area contributed by atoms with Crippen LogP contribution >= 0.6 is 22.6 Å². The predicted molar refractivity (Wildman–Crippen MR) is 113 cm³/mol. The van der Waals surface area contributed by atoms with Crippen molar-refractivity contribution in [1.82, 2.24) is 9.55 Å². The Hall–Kier alpha value is -1.69. The maximum Gasteiger partial charge on any atom is 0.330 e. The largest absolute Gasteiger partial charge is 0.457 e. The number of esters is 2. The number of hydrogen-bond acceptors (Lipinski definition) is 7. The van der Waals surface area contributed by atoms with Gasteiger partial charge in [-0.25, -0.2) is 4.79 Å². The number of aromatic amines is 1. The van der Waals surface area contributed by atoms with Gasteiger partial charge < -0.3 is 14.2 Å². The van der Waals surface area contributed by atoms with Crippen LogP contribution in [0.1, 0.15) is 58.2 Å². The van der Waals surface area contributed by atoms with Crippen molar-refractivity contribution in [2.75, 3.05) is 6.61 Å². The summed E-state index contributed by atoms with van der Waals surface area (Å²) in [6, 6.07) is 0. The standard InChI is InChI=1S/C19H27IN2O7/c1-5-6-7-8-19(20)15(29-13(4)24)14(28-12(3)23)10-27-17(19)22-9-11(2)16(25)21-18(22)26/h9,14-15,17H,5-8,10H2,1-4H3,(H,21,25,26)/t14-,15-,17+,19+/m1/s1. The third kappa shape index (κ3) is 5.47. The second-order valence-corrected chi connectivity index (χ2v) is 9.23. The summed E-state index contributed by atoms with van der Waals surface area (Å²) in [5.41, 5.74) is -0.734. The van der Waals surface area contributed by atoms with E-state index in [9.17, 15) is 19.2 Å². The molecular formula is C19H27IN2O7. The summed E-state index contributed by atoms with van der Waals surface area (Å²) < 4.78 is 17.4. The first-order valence-corrected chi connectivity index (χ1v) is 10.6. The monoisotopic (exact) mass is 522 g/mol. The van der Waals surface area contributed by atoms with Gasteiger partial charge in [0.2, 0.25) is 0 Å². The van der Waals surface area contributed by atoms with Crippen LogP contribution in [0.25, 0.3) is 0 Å². The number of alkyl halides is 1. The smallest absolute Gasteiger partial charge is 0.330 e. The molecular weight excluding hydrogens is 495 g/mol. The zero-order valence-corrected chi connectivity index (χ0v) is 19.2. The van der Waals surface area contributed by atoms with Gasteiger partial charge in [-0.2, -0.15) is 0 Å². The molecule has 4 atom stereocenters. The molecule has 1 aromatic heterocycles. The summed E-state index contributed by atoms with van der Waals surface area (Å²) in [5, 5.41) is 0. The molecule has 0 spiro atoms. The van der Waals surface area contributed by atoms with E-state index in [0.29, 0.717) is 12.0 Å². The van der Waals surface area contributed by atoms with Crippen LogP contribution in [0.2, 0.25) is 0 Å². The van der Waals surface area contributed by atoms with E-state index in [1.165, 1.54) is 24.6 Å². The fourth-order valence-electron chi connectivity index (χ4n) is 3.51. The molecule has 0 amide bonds. The first kappa shape index (κ1) is 23.6. The zero-order valence-electron chi connectivity index (χ0n) is 17.0. The average Bonchev–Trinajstić information content (AvgIpc) is 2.61. The minimum Gasteiger partial charge on any atom is -0.457 e. The van der Waals surface area contributed by atoms with Gasteiger partial charge in [0.15, 0.2) is 18.4 Å².